The van der Waals surface area contributed by atoms with Crippen molar-refractivity contribution in [3.05, 3.63) is 24.3 Å². The molecule has 0 bridgehead atoms. The number of aliphatic hydroxyl groups excluding tert-OH is 1. The molecule has 0 amide bonds. The lowest BCUT2D eigenvalue weighted by Crippen LogP contribution is -2.36. The first kappa shape index (κ1) is 16.9. The van der Waals surface area contributed by atoms with Crippen molar-refractivity contribution >= 4 is 10.0 Å². The minimum Gasteiger partial charge on any atom is -0.493 e. The second kappa shape index (κ2) is 7.61. The highest BCUT2D eigenvalue weighted by Gasteiger charge is 2.18. The summed E-state index contributed by atoms with van der Waals surface area (Å²) in [7, 11) is -3.60. The normalized spacial score (nSPS) is 13.4. The van der Waals surface area contributed by atoms with Crippen LogP contribution in [0.5, 0.6) is 5.75 Å². The van der Waals surface area contributed by atoms with Crippen LogP contribution in [0.2, 0.25) is 0 Å². The van der Waals surface area contributed by atoms with Gasteiger partial charge in [-0.3, -0.25) is 0 Å². The summed E-state index contributed by atoms with van der Waals surface area (Å²) in [5.41, 5.74) is 0. The summed E-state index contributed by atoms with van der Waals surface area (Å²) in [6.45, 7) is 6.27. The maximum atomic E-state index is 12.1. The fraction of sp³-hybridized carbons (Fsp3) is 0.571. The highest BCUT2D eigenvalue weighted by molar-refractivity contribution is 7.89. The van der Waals surface area contributed by atoms with Crippen molar-refractivity contribution in [1.82, 2.24) is 4.72 Å². The highest BCUT2D eigenvalue weighted by Crippen LogP contribution is 2.17. The van der Waals surface area contributed by atoms with Gasteiger partial charge in [-0.05, 0) is 36.6 Å². The molecule has 0 aliphatic rings. The molecule has 1 aromatic rings. The van der Waals surface area contributed by atoms with Crippen LogP contribution in [-0.4, -0.2) is 32.8 Å². The van der Waals surface area contributed by atoms with Crippen LogP contribution >= 0.6 is 0 Å². The Hall–Kier alpha value is -1.11. The Bertz CT molecular complexity index is 492. The van der Waals surface area contributed by atoms with E-state index >= 15 is 0 Å². The zero-order valence-corrected chi connectivity index (χ0v) is 13.0. The van der Waals surface area contributed by atoms with E-state index in [0.717, 1.165) is 0 Å². The van der Waals surface area contributed by atoms with Crippen molar-refractivity contribution in [2.45, 2.75) is 38.1 Å². The van der Waals surface area contributed by atoms with Crippen molar-refractivity contribution in [2.24, 2.45) is 5.92 Å². The molecule has 5 nitrogen and oxygen atoms in total. The Labute approximate surface area is 121 Å². The monoisotopic (exact) mass is 301 g/mol. The van der Waals surface area contributed by atoms with E-state index in [2.05, 4.69) is 4.72 Å². The molecule has 0 heterocycles. The first-order chi connectivity index (χ1) is 9.39. The number of rotatable bonds is 8. The summed E-state index contributed by atoms with van der Waals surface area (Å²) in [4.78, 5) is 0.168. The smallest absolute Gasteiger partial charge is 0.240 e. The Kier molecular flexibility index (Phi) is 6.45. The summed E-state index contributed by atoms with van der Waals surface area (Å²) in [5.74, 6) is 1.06. The molecule has 114 valence electrons. The number of hydrogen-bond acceptors (Lipinski definition) is 4. The third kappa shape index (κ3) is 5.11. The Morgan fingerprint density at radius 3 is 2.30 bits per heavy atom. The van der Waals surface area contributed by atoms with E-state index < -0.39 is 16.1 Å². The maximum absolute atomic E-state index is 12.1. The molecule has 0 aliphatic heterocycles. The average Bonchev–Trinajstić information content (AvgIpc) is 2.43. The van der Waals surface area contributed by atoms with Crippen LogP contribution in [-0.2, 0) is 10.0 Å². The van der Waals surface area contributed by atoms with Crippen molar-refractivity contribution in [3.8, 4) is 5.75 Å². The molecule has 6 heteroatoms. The third-order valence-corrected chi connectivity index (χ3v) is 4.29. The van der Waals surface area contributed by atoms with E-state index in [1.807, 2.05) is 20.8 Å². The molecule has 0 saturated heterocycles. The van der Waals surface area contributed by atoms with Crippen molar-refractivity contribution in [3.63, 3.8) is 0 Å². The topological polar surface area (TPSA) is 75.6 Å². The van der Waals surface area contributed by atoms with Gasteiger partial charge in [-0.2, -0.15) is 0 Å². The van der Waals surface area contributed by atoms with Gasteiger partial charge in [0.2, 0.25) is 10.0 Å². The van der Waals surface area contributed by atoms with E-state index in [4.69, 9.17) is 9.84 Å². The van der Waals surface area contributed by atoms with Crippen molar-refractivity contribution in [1.29, 1.82) is 0 Å². The summed E-state index contributed by atoms with van der Waals surface area (Å²) < 4.78 is 32.1. The molecule has 1 atom stereocenters. The number of hydrogen-bond donors (Lipinski definition) is 2. The van der Waals surface area contributed by atoms with Crippen LogP contribution in [0.25, 0.3) is 0 Å². The maximum Gasteiger partial charge on any atom is 0.240 e. The summed E-state index contributed by atoms with van der Waals surface area (Å²) in [6.07, 6.45) is 0.533. The standard InChI is InChI=1S/C14H23NO4S/c1-4-12(9-16)15-20(17,18)14-7-5-13(6-8-14)19-10-11(2)3/h5-8,11-12,15-16H,4,9-10H2,1-3H3/t12-/m0/s1. The molecular formula is C14H23NO4S. The first-order valence-electron chi connectivity index (χ1n) is 6.75. The molecule has 0 aromatic heterocycles. The lowest BCUT2D eigenvalue weighted by atomic mass is 10.2. The highest BCUT2D eigenvalue weighted by atomic mass is 32.2. The van der Waals surface area contributed by atoms with Gasteiger partial charge in [0.1, 0.15) is 5.75 Å². The van der Waals surface area contributed by atoms with Gasteiger partial charge in [-0.25, -0.2) is 13.1 Å². The molecular weight excluding hydrogens is 278 g/mol. The van der Waals surface area contributed by atoms with Crippen molar-refractivity contribution in [2.75, 3.05) is 13.2 Å². The van der Waals surface area contributed by atoms with Crippen LogP contribution in [0.4, 0.5) is 0 Å². The van der Waals surface area contributed by atoms with Crippen LogP contribution in [0.3, 0.4) is 0 Å². The van der Waals surface area contributed by atoms with Gasteiger partial charge in [0.25, 0.3) is 0 Å². The van der Waals surface area contributed by atoms with E-state index in [9.17, 15) is 8.42 Å². The van der Waals surface area contributed by atoms with Crippen LogP contribution < -0.4 is 9.46 Å². The zero-order valence-electron chi connectivity index (χ0n) is 12.2. The number of ether oxygens (including phenoxy) is 1. The van der Waals surface area contributed by atoms with E-state index in [-0.39, 0.29) is 11.5 Å². The first-order valence-corrected chi connectivity index (χ1v) is 8.23. The number of nitrogens with one attached hydrogen (secondary N) is 1. The molecule has 0 aliphatic carbocycles. The van der Waals surface area contributed by atoms with Gasteiger partial charge in [0, 0.05) is 6.04 Å². The fourth-order valence-electron chi connectivity index (χ4n) is 1.52. The van der Waals surface area contributed by atoms with Gasteiger partial charge in [0.15, 0.2) is 0 Å². The number of aliphatic hydroxyl groups is 1. The van der Waals surface area contributed by atoms with E-state index in [1.54, 1.807) is 12.1 Å². The summed E-state index contributed by atoms with van der Waals surface area (Å²) >= 11 is 0. The van der Waals surface area contributed by atoms with Crippen LogP contribution in [0, 0.1) is 5.92 Å². The summed E-state index contributed by atoms with van der Waals surface area (Å²) in [5, 5.41) is 9.06. The molecule has 1 rings (SSSR count). The SMILES string of the molecule is CC[C@@H](CO)NS(=O)(=O)c1ccc(OCC(C)C)cc1. The Morgan fingerprint density at radius 2 is 1.85 bits per heavy atom. The fourth-order valence-corrected chi connectivity index (χ4v) is 2.83. The van der Waals surface area contributed by atoms with E-state index in [1.165, 1.54) is 12.1 Å². The molecule has 1 aromatic carbocycles. The molecule has 0 fully saturated rings. The molecule has 2 N–H and O–H groups in total. The Balaban J connectivity index is 2.76. The third-order valence-electron chi connectivity index (χ3n) is 2.75. The molecule has 0 radical (unpaired) electrons. The van der Waals surface area contributed by atoms with E-state index in [0.29, 0.717) is 24.7 Å². The van der Waals surface area contributed by atoms with Crippen molar-refractivity contribution < 1.29 is 18.3 Å². The largest absolute Gasteiger partial charge is 0.493 e. The predicted molar refractivity (Wildman–Crippen MR) is 78.3 cm³/mol. The molecule has 0 spiro atoms. The quantitative estimate of drug-likeness (QED) is 0.767. The number of benzene rings is 1. The van der Waals surface area contributed by atoms with Gasteiger partial charge in [-0.15, -0.1) is 0 Å². The van der Waals surface area contributed by atoms with Gasteiger partial charge >= 0.3 is 0 Å². The van der Waals surface area contributed by atoms with Crippen LogP contribution in [0.1, 0.15) is 27.2 Å². The lowest BCUT2D eigenvalue weighted by molar-refractivity contribution is 0.254. The lowest BCUT2D eigenvalue weighted by Gasteiger charge is -2.14. The summed E-state index contributed by atoms with van der Waals surface area (Å²) in [6, 6.07) is 5.81. The molecule has 0 saturated carbocycles. The molecule has 0 unspecified atom stereocenters. The number of sulfonamides is 1. The zero-order chi connectivity index (χ0) is 15.2. The second-order valence-electron chi connectivity index (χ2n) is 5.09. The Morgan fingerprint density at radius 1 is 1.25 bits per heavy atom. The van der Waals surface area contributed by atoms with Gasteiger partial charge in [-0.1, -0.05) is 20.8 Å². The predicted octanol–water partition coefficient (Wildman–Crippen LogP) is 1.77. The average molecular weight is 301 g/mol. The van der Waals surface area contributed by atoms with Crippen LogP contribution in [0.15, 0.2) is 29.2 Å². The minimum atomic E-state index is -3.60. The minimum absolute atomic E-state index is 0.168. The van der Waals surface area contributed by atoms with Gasteiger partial charge < -0.3 is 9.84 Å². The molecule has 20 heavy (non-hydrogen) atoms. The second-order valence-corrected chi connectivity index (χ2v) is 6.80. The van der Waals surface area contributed by atoms with Gasteiger partial charge in [0.05, 0.1) is 18.1 Å².